The number of hydrogen-bond donors (Lipinski definition) is 2. The Labute approximate surface area is 89.9 Å². The normalized spacial score (nSPS) is 10.0. The van der Waals surface area contributed by atoms with E-state index in [1.54, 1.807) is 0 Å². The fourth-order valence-electron chi connectivity index (χ4n) is 1.33. The summed E-state index contributed by atoms with van der Waals surface area (Å²) in [7, 11) is 1.93. The fourth-order valence-corrected chi connectivity index (χ4v) is 1.33. The van der Waals surface area contributed by atoms with Gasteiger partial charge in [-0.2, -0.15) is 0 Å². The van der Waals surface area contributed by atoms with Crippen molar-refractivity contribution in [3.05, 3.63) is 29.8 Å². The summed E-state index contributed by atoms with van der Waals surface area (Å²) >= 11 is 0. The van der Waals surface area contributed by atoms with Gasteiger partial charge < -0.3 is 16.4 Å². The molecule has 0 unspecified atom stereocenters. The predicted molar refractivity (Wildman–Crippen MR) is 61.4 cm³/mol. The maximum absolute atomic E-state index is 10.6. The Bertz CT molecular complexity index is 338. The lowest BCUT2D eigenvalue weighted by Gasteiger charge is -2.19. The molecular weight excluding hydrogens is 190 g/mol. The standard InChI is InChI=1S/C11H17N3O/c1-14(6-5-11(13)15)10-4-2-3-9(7-10)8-12/h2-4,7H,5-6,8,12H2,1H3,(H2,13,15). The molecular formula is C11H17N3O. The molecule has 0 spiro atoms. The lowest BCUT2D eigenvalue weighted by atomic mass is 10.2. The molecule has 0 saturated heterocycles. The van der Waals surface area contributed by atoms with Gasteiger partial charge in [-0.1, -0.05) is 12.1 Å². The Morgan fingerprint density at radius 3 is 2.80 bits per heavy atom. The van der Waals surface area contributed by atoms with Gasteiger partial charge >= 0.3 is 0 Å². The highest BCUT2D eigenvalue weighted by atomic mass is 16.1. The van der Waals surface area contributed by atoms with Crippen LogP contribution in [0.4, 0.5) is 5.69 Å². The molecule has 0 saturated carbocycles. The number of carbonyl (C=O) groups excluding carboxylic acids is 1. The second-order valence-corrected chi connectivity index (χ2v) is 3.51. The molecule has 0 aliphatic rings. The number of hydrogen-bond acceptors (Lipinski definition) is 3. The first-order valence-electron chi connectivity index (χ1n) is 4.92. The van der Waals surface area contributed by atoms with Crippen LogP contribution in [0.3, 0.4) is 0 Å². The summed E-state index contributed by atoms with van der Waals surface area (Å²) in [6.45, 7) is 1.15. The van der Waals surface area contributed by atoms with Crippen LogP contribution in [0, 0.1) is 0 Å². The fraction of sp³-hybridized carbons (Fsp3) is 0.364. The number of nitrogens with zero attached hydrogens (tertiary/aromatic N) is 1. The smallest absolute Gasteiger partial charge is 0.219 e. The summed E-state index contributed by atoms with van der Waals surface area (Å²) in [6.07, 6.45) is 0.364. The van der Waals surface area contributed by atoms with Crippen LogP contribution in [0.5, 0.6) is 0 Å². The molecule has 4 N–H and O–H groups in total. The van der Waals surface area contributed by atoms with E-state index in [9.17, 15) is 4.79 Å². The Kier molecular flexibility index (Phi) is 4.12. The van der Waals surface area contributed by atoms with Crippen LogP contribution in [0.2, 0.25) is 0 Å². The van der Waals surface area contributed by atoms with Crippen molar-refractivity contribution in [2.24, 2.45) is 11.5 Å². The summed E-state index contributed by atoms with van der Waals surface area (Å²) in [5.41, 5.74) is 12.8. The van der Waals surface area contributed by atoms with E-state index in [1.165, 1.54) is 0 Å². The van der Waals surface area contributed by atoms with Crippen molar-refractivity contribution in [2.45, 2.75) is 13.0 Å². The van der Waals surface area contributed by atoms with E-state index >= 15 is 0 Å². The number of anilines is 1. The van der Waals surface area contributed by atoms with Gasteiger partial charge in [0.15, 0.2) is 0 Å². The van der Waals surface area contributed by atoms with Crippen molar-refractivity contribution in [1.29, 1.82) is 0 Å². The zero-order valence-electron chi connectivity index (χ0n) is 8.94. The maximum atomic E-state index is 10.6. The molecule has 1 aromatic carbocycles. The zero-order valence-corrected chi connectivity index (χ0v) is 8.94. The summed E-state index contributed by atoms with van der Waals surface area (Å²) in [4.78, 5) is 12.6. The molecule has 0 aliphatic heterocycles. The Morgan fingerprint density at radius 2 is 2.20 bits per heavy atom. The predicted octanol–water partition coefficient (Wildman–Crippen LogP) is 0.457. The van der Waals surface area contributed by atoms with Crippen LogP contribution >= 0.6 is 0 Å². The lowest BCUT2D eigenvalue weighted by Crippen LogP contribution is -2.24. The van der Waals surface area contributed by atoms with Gasteiger partial charge in [0.05, 0.1) is 0 Å². The molecule has 1 amide bonds. The average molecular weight is 207 g/mol. The van der Waals surface area contributed by atoms with Crippen molar-refractivity contribution in [3.63, 3.8) is 0 Å². The van der Waals surface area contributed by atoms with Gasteiger partial charge in [0.25, 0.3) is 0 Å². The van der Waals surface area contributed by atoms with E-state index in [2.05, 4.69) is 0 Å². The van der Waals surface area contributed by atoms with E-state index in [-0.39, 0.29) is 5.91 Å². The molecule has 0 bridgehead atoms. The third-order valence-electron chi connectivity index (χ3n) is 2.28. The van der Waals surface area contributed by atoms with Crippen molar-refractivity contribution < 1.29 is 4.79 Å². The highest BCUT2D eigenvalue weighted by Crippen LogP contribution is 2.14. The van der Waals surface area contributed by atoms with Gasteiger partial charge in [0.1, 0.15) is 0 Å². The average Bonchev–Trinajstić information content (AvgIpc) is 2.26. The summed E-state index contributed by atoms with van der Waals surface area (Å²) in [5.74, 6) is -0.281. The van der Waals surface area contributed by atoms with E-state index in [0.29, 0.717) is 19.5 Å². The highest BCUT2D eigenvalue weighted by molar-refractivity contribution is 5.74. The molecule has 0 fully saturated rings. The summed E-state index contributed by atoms with van der Waals surface area (Å²) in [6, 6.07) is 7.94. The number of carbonyl (C=O) groups is 1. The van der Waals surface area contributed by atoms with Crippen molar-refractivity contribution in [3.8, 4) is 0 Å². The number of primary amides is 1. The van der Waals surface area contributed by atoms with Crippen molar-refractivity contribution >= 4 is 11.6 Å². The van der Waals surface area contributed by atoms with E-state index in [0.717, 1.165) is 11.3 Å². The summed E-state index contributed by atoms with van der Waals surface area (Å²) < 4.78 is 0. The number of benzene rings is 1. The molecule has 82 valence electrons. The zero-order chi connectivity index (χ0) is 11.3. The van der Waals surface area contributed by atoms with Crippen LogP contribution in [0.25, 0.3) is 0 Å². The highest BCUT2D eigenvalue weighted by Gasteiger charge is 2.02. The molecule has 0 aliphatic carbocycles. The van der Waals surface area contributed by atoms with Gasteiger partial charge in [-0.05, 0) is 17.7 Å². The maximum Gasteiger partial charge on any atom is 0.219 e. The van der Waals surface area contributed by atoms with Gasteiger partial charge in [-0.15, -0.1) is 0 Å². The van der Waals surface area contributed by atoms with E-state index in [4.69, 9.17) is 11.5 Å². The topological polar surface area (TPSA) is 72.3 Å². The minimum absolute atomic E-state index is 0.281. The Balaban J connectivity index is 2.64. The Hall–Kier alpha value is -1.55. The molecule has 0 atom stereocenters. The van der Waals surface area contributed by atoms with Gasteiger partial charge in [0.2, 0.25) is 5.91 Å². The van der Waals surface area contributed by atoms with Crippen LogP contribution in [-0.4, -0.2) is 19.5 Å². The SMILES string of the molecule is CN(CCC(N)=O)c1cccc(CN)c1. The van der Waals surface area contributed by atoms with Gasteiger partial charge in [-0.25, -0.2) is 0 Å². The number of nitrogens with two attached hydrogens (primary N) is 2. The molecule has 1 aromatic rings. The van der Waals surface area contributed by atoms with Crippen LogP contribution in [0.15, 0.2) is 24.3 Å². The molecule has 4 nitrogen and oxygen atoms in total. The van der Waals surface area contributed by atoms with E-state index < -0.39 is 0 Å². The number of rotatable bonds is 5. The Morgan fingerprint density at radius 1 is 1.47 bits per heavy atom. The van der Waals surface area contributed by atoms with Crippen molar-refractivity contribution in [1.82, 2.24) is 0 Å². The molecule has 0 radical (unpaired) electrons. The third kappa shape index (κ3) is 3.59. The monoisotopic (exact) mass is 207 g/mol. The third-order valence-corrected chi connectivity index (χ3v) is 2.28. The first-order chi connectivity index (χ1) is 7.13. The van der Waals surface area contributed by atoms with E-state index in [1.807, 2.05) is 36.2 Å². The second-order valence-electron chi connectivity index (χ2n) is 3.51. The minimum atomic E-state index is -0.281. The molecule has 15 heavy (non-hydrogen) atoms. The second kappa shape index (κ2) is 5.36. The summed E-state index contributed by atoms with van der Waals surface area (Å²) in [5, 5.41) is 0. The lowest BCUT2D eigenvalue weighted by molar-refractivity contribution is -0.117. The number of amides is 1. The van der Waals surface area contributed by atoms with Crippen LogP contribution in [-0.2, 0) is 11.3 Å². The quantitative estimate of drug-likeness (QED) is 0.736. The molecule has 0 aromatic heterocycles. The van der Waals surface area contributed by atoms with Crippen molar-refractivity contribution in [2.75, 3.05) is 18.5 Å². The van der Waals surface area contributed by atoms with Crippen LogP contribution in [0.1, 0.15) is 12.0 Å². The first kappa shape index (κ1) is 11.5. The van der Waals surface area contributed by atoms with Crippen LogP contribution < -0.4 is 16.4 Å². The molecule has 4 heteroatoms. The van der Waals surface area contributed by atoms with Gasteiger partial charge in [-0.3, -0.25) is 4.79 Å². The largest absolute Gasteiger partial charge is 0.374 e. The molecule has 0 heterocycles. The van der Waals surface area contributed by atoms with Gasteiger partial charge in [0, 0.05) is 32.2 Å². The first-order valence-corrected chi connectivity index (χ1v) is 4.92. The minimum Gasteiger partial charge on any atom is -0.374 e. The molecule has 1 rings (SSSR count).